The number of aliphatic hydroxyl groups is 1. The molecule has 1 aromatic carbocycles. The van der Waals surface area contributed by atoms with Crippen LogP contribution in [0.1, 0.15) is 19.3 Å². The van der Waals surface area contributed by atoms with E-state index in [4.69, 9.17) is 0 Å². The number of aromatic nitrogens is 2. The van der Waals surface area contributed by atoms with Crippen molar-refractivity contribution in [1.82, 2.24) is 10.2 Å². The lowest BCUT2D eigenvalue weighted by molar-refractivity contribution is 0.144. The van der Waals surface area contributed by atoms with E-state index in [2.05, 4.69) is 15.5 Å². The van der Waals surface area contributed by atoms with E-state index in [1.165, 1.54) is 0 Å². The monoisotopic (exact) mass is 229 g/mol. The molecule has 1 aromatic heterocycles. The molecular formula is C13H15N3O. The molecule has 0 amide bonds. The highest BCUT2D eigenvalue weighted by Crippen LogP contribution is 2.35. The lowest BCUT2D eigenvalue weighted by Gasteiger charge is -2.41. The van der Waals surface area contributed by atoms with Crippen molar-refractivity contribution in [3.8, 4) is 0 Å². The second-order valence-electron chi connectivity index (χ2n) is 4.70. The Kier molecular flexibility index (Phi) is 2.44. The Hall–Kier alpha value is -1.68. The highest BCUT2D eigenvalue weighted by Gasteiger charge is 2.36. The fourth-order valence-corrected chi connectivity index (χ4v) is 2.30. The molecule has 0 atom stereocenters. The Bertz CT molecular complexity index is 526. The molecule has 1 heterocycles. The molecular weight excluding hydrogens is 214 g/mol. The second-order valence-corrected chi connectivity index (χ2v) is 4.70. The average molecular weight is 229 g/mol. The number of aliphatic hydroxyl groups excluding tert-OH is 1. The molecule has 0 aliphatic heterocycles. The SMILES string of the molecule is OCC1(Nc2nncc3ccccc23)CCC1. The van der Waals surface area contributed by atoms with Crippen LogP contribution in [0.3, 0.4) is 0 Å². The summed E-state index contributed by atoms with van der Waals surface area (Å²) in [6, 6.07) is 8.01. The molecule has 0 unspecified atom stereocenters. The Balaban J connectivity index is 2.00. The molecule has 0 radical (unpaired) electrons. The quantitative estimate of drug-likeness (QED) is 0.844. The molecule has 3 rings (SSSR count). The van der Waals surface area contributed by atoms with Gasteiger partial charge in [-0.15, -0.1) is 5.10 Å². The highest BCUT2D eigenvalue weighted by atomic mass is 16.3. The molecule has 0 saturated heterocycles. The van der Waals surface area contributed by atoms with Gasteiger partial charge in [-0.1, -0.05) is 24.3 Å². The van der Waals surface area contributed by atoms with Gasteiger partial charge in [-0.3, -0.25) is 0 Å². The molecule has 0 spiro atoms. The number of benzene rings is 1. The van der Waals surface area contributed by atoms with Crippen molar-refractivity contribution in [2.75, 3.05) is 11.9 Å². The normalized spacial score (nSPS) is 17.7. The van der Waals surface area contributed by atoms with Gasteiger partial charge in [-0.2, -0.15) is 5.10 Å². The third-order valence-corrected chi connectivity index (χ3v) is 3.57. The van der Waals surface area contributed by atoms with Gasteiger partial charge in [-0.05, 0) is 19.3 Å². The molecule has 1 aliphatic carbocycles. The van der Waals surface area contributed by atoms with E-state index in [0.717, 1.165) is 35.9 Å². The lowest BCUT2D eigenvalue weighted by atomic mass is 9.77. The minimum Gasteiger partial charge on any atom is -0.394 e. The van der Waals surface area contributed by atoms with Crippen LogP contribution in [0, 0.1) is 0 Å². The fourth-order valence-electron chi connectivity index (χ4n) is 2.30. The Morgan fingerprint density at radius 3 is 2.82 bits per heavy atom. The molecule has 1 saturated carbocycles. The zero-order valence-corrected chi connectivity index (χ0v) is 9.56. The minimum atomic E-state index is -0.182. The van der Waals surface area contributed by atoms with Crippen molar-refractivity contribution in [1.29, 1.82) is 0 Å². The van der Waals surface area contributed by atoms with Crippen molar-refractivity contribution < 1.29 is 5.11 Å². The molecule has 4 heteroatoms. The molecule has 2 N–H and O–H groups in total. The number of anilines is 1. The summed E-state index contributed by atoms with van der Waals surface area (Å²) in [7, 11) is 0. The first-order valence-corrected chi connectivity index (χ1v) is 5.92. The topological polar surface area (TPSA) is 58.0 Å². The number of nitrogens with zero attached hydrogens (tertiary/aromatic N) is 2. The predicted molar refractivity (Wildman–Crippen MR) is 66.8 cm³/mol. The second kappa shape index (κ2) is 3.96. The van der Waals surface area contributed by atoms with E-state index in [9.17, 15) is 5.11 Å². The first-order chi connectivity index (χ1) is 8.33. The predicted octanol–water partition coefficient (Wildman–Crippen LogP) is 1.96. The van der Waals surface area contributed by atoms with Gasteiger partial charge < -0.3 is 10.4 Å². The Morgan fingerprint density at radius 2 is 2.12 bits per heavy atom. The van der Waals surface area contributed by atoms with E-state index in [1.54, 1.807) is 6.20 Å². The third-order valence-electron chi connectivity index (χ3n) is 3.57. The minimum absolute atomic E-state index is 0.151. The smallest absolute Gasteiger partial charge is 0.157 e. The Morgan fingerprint density at radius 1 is 1.29 bits per heavy atom. The van der Waals surface area contributed by atoms with E-state index in [-0.39, 0.29) is 12.1 Å². The van der Waals surface area contributed by atoms with Gasteiger partial charge in [0.25, 0.3) is 0 Å². The number of fused-ring (bicyclic) bond motifs is 1. The number of hydrogen-bond donors (Lipinski definition) is 2. The first-order valence-electron chi connectivity index (χ1n) is 5.92. The zero-order chi connectivity index (χ0) is 11.7. The van der Waals surface area contributed by atoms with Crippen molar-refractivity contribution in [2.24, 2.45) is 0 Å². The third kappa shape index (κ3) is 1.74. The summed E-state index contributed by atoms with van der Waals surface area (Å²) < 4.78 is 0. The molecule has 4 nitrogen and oxygen atoms in total. The van der Waals surface area contributed by atoms with Crippen LogP contribution in [-0.4, -0.2) is 27.4 Å². The molecule has 88 valence electrons. The van der Waals surface area contributed by atoms with Crippen LogP contribution < -0.4 is 5.32 Å². The summed E-state index contributed by atoms with van der Waals surface area (Å²) in [5.74, 6) is 0.775. The molecule has 17 heavy (non-hydrogen) atoms. The van der Waals surface area contributed by atoms with Crippen LogP contribution in [0.5, 0.6) is 0 Å². The summed E-state index contributed by atoms with van der Waals surface area (Å²) in [6.45, 7) is 0.151. The first kappa shape index (κ1) is 10.5. The maximum absolute atomic E-state index is 9.46. The molecule has 1 fully saturated rings. The van der Waals surface area contributed by atoms with Gasteiger partial charge in [0.2, 0.25) is 0 Å². The van der Waals surface area contributed by atoms with E-state index >= 15 is 0 Å². The molecule has 2 aromatic rings. The van der Waals surface area contributed by atoms with Crippen molar-refractivity contribution >= 4 is 16.6 Å². The van der Waals surface area contributed by atoms with Crippen LogP contribution in [-0.2, 0) is 0 Å². The van der Waals surface area contributed by atoms with Gasteiger partial charge in [0.05, 0.1) is 18.3 Å². The number of hydrogen-bond acceptors (Lipinski definition) is 4. The highest BCUT2D eigenvalue weighted by molar-refractivity contribution is 5.91. The maximum atomic E-state index is 9.46. The fraction of sp³-hybridized carbons (Fsp3) is 0.385. The van der Waals surface area contributed by atoms with Gasteiger partial charge in [0.1, 0.15) is 0 Å². The maximum Gasteiger partial charge on any atom is 0.157 e. The van der Waals surface area contributed by atoms with Crippen LogP contribution in [0.25, 0.3) is 10.8 Å². The molecule has 0 bridgehead atoms. The van der Waals surface area contributed by atoms with Crippen LogP contribution in [0.15, 0.2) is 30.5 Å². The summed E-state index contributed by atoms with van der Waals surface area (Å²) in [5, 5.41) is 23.1. The summed E-state index contributed by atoms with van der Waals surface area (Å²) in [4.78, 5) is 0. The van der Waals surface area contributed by atoms with Crippen LogP contribution in [0.4, 0.5) is 5.82 Å². The summed E-state index contributed by atoms with van der Waals surface area (Å²) in [5.41, 5.74) is -0.182. The number of nitrogens with one attached hydrogen (secondary N) is 1. The Labute approximate surface area is 99.7 Å². The van der Waals surface area contributed by atoms with Gasteiger partial charge in [0, 0.05) is 10.8 Å². The van der Waals surface area contributed by atoms with Crippen LogP contribution >= 0.6 is 0 Å². The summed E-state index contributed by atoms with van der Waals surface area (Å²) in [6.07, 6.45) is 4.90. The van der Waals surface area contributed by atoms with Gasteiger partial charge in [0.15, 0.2) is 5.82 Å². The zero-order valence-electron chi connectivity index (χ0n) is 9.56. The summed E-state index contributed by atoms with van der Waals surface area (Å²) >= 11 is 0. The largest absolute Gasteiger partial charge is 0.394 e. The van der Waals surface area contributed by atoms with E-state index in [0.29, 0.717) is 0 Å². The van der Waals surface area contributed by atoms with Crippen molar-refractivity contribution in [3.63, 3.8) is 0 Å². The lowest BCUT2D eigenvalue weighted by Crippen LogP contribution is -2.48. The van der Waals surface area contributed by atoms with Crippen LogP contribution in [0.2, 0.25) is 0 Å². The van der Waals surface area contributed by atoms with Gasteiger partial charge in [-0.25, -0.2) is 0 Å². The standard InChI is InChI=1S/C13H15N3O/c17-9-13(6-3-7-13)15-12-11-5-2-1-4-10(11)8-14-16-12/h1-2,4-5,8,17H,3,6-7,9H2,(H,15,16). The van der Waals surface area contributed by atoms with Crippen molar-refractivity contribution in [2.45, 2.75) is 24.8 Å². The van der Waals surface area contributed by atoms with Crippen molar-refractivity contribution in [3.05, 3.63) is 30.5 Å². The molecule has 1 aliphatic rings. The van der Waals surface area contributed by atoms with E-state index in [1.807, 2.05) is 24.3 Å². The van der Waals surface area contributed by atoms with E-state index < -0.39 is 0 Å². The number of rotatable bonds is 3. The average Bonchev–Trinajstić information content (AvgIpc) is 2.34. The van der Waals surface area contributed by atoms with Gasteiger partial charge >= 0.3 is 0 Å².